The van der Waals surface area contributed by atoms with Crippen LogP contribution in [0.15, 0.2) is 17.6 Å². The third-order valence-corrected chi connectivity index (χ3v) is 5.55. The molecule has 8 nitrogen and oxygen atoms in total. The molecule has 2 N–H and O–H groups in total. The number of halogens is 1. The molecule has 2 aliphatic rings. The maximum Gasteiger partial charge on any atom is 0.277 e. The van der Waals surface area contributed by atoms with Crippen molar-refractivity contribution >= 4 is 34.8 Å². The largest absolute Gasteiger partial charge is 0.379 e. The highest BCUT2D eigenvalue weighted by Crippen LogP contribution is 2.19. The highest BCUT2D eigenvalue weighted by atomic mass is 35.5. The molecule has 2 saturated heterocycles. The monoisotopic (exact) mass is 412 g/mol. The summed E-state index contributed by atoms with van der Waals surface area (Å²) in [7, 11) is 0. The molecular formula is C17H25ClN6O2S. The topological polar surface area (TPSA) is 84.3 Å². The van der Waals surface area contributed by atoms with Crippen LogP contribution in [-0.4, -0.2) is 65.0 Å². The van der Waals surface area contributed by atoms with Crippen molar-refractivity contribution in [2.45, 2.75) is 25.4 Å². The van der Waals surface area contributed by atoms with Crippen molar-refractivity contribution in [2.24, 2.45) is 0 Å². The molecule has 2 fully saturated rings. The van der Waals surface area contributed by atoms with Gasteiger partial charge in [-0.15, -0.1) is 23.7 Å². The van der Waals surface area contributed by atoms with Crippen molar-refractivity contribution in [1.29, 1.82) is 0 Å². The average molecular weight is 413 g/mol. The second kappa shape index (κ2) is 9.61. The van der Waals surface area contributed by atoms with Gasteiger partial charge in [0.1, 0.15) is 0 Å². The molecule has 148 valence electrons. The Morgan fingerprint density at radius 3 is 3.04 bits per heavy atom. The first kappa shape index (κ1) is 20.2. The van der Waals surface area contributed by atoms with Crippen molar-refractivity contribution in [3.63, 3.8) is 0 Å². The fraction of sp³-hybridized carbons (Fsp3) is 0.588. The molecule has 2 aromatic heterocycles. The number of morpholine rings is 1. The van der Waals surface area contributed by atoms with Crippen LogP contribution in [0.4, 0.5) is 5.13 Å². The first-order chi connectivity index (χ1) is 12.8. The molecule has 0 bridgehead atoms. The van der Waals surface area contributed by atoms with Crippen LogP contribution in [0.5, 0.6) is 0 Å². The van der Waals surface area contributed by atoms with E-state index in [9.17, 15) is 4.79 Å². The van der Waals surface area contributed by atoms with E-state index in [1.807, 2.05) is 16.3 Å². The number of anilines is 1. The summed E-state index contributed by atoms with van der Waals surface area (Å²) in [6, 6.07) is 2.09. The van der Waals surface area contributed by atoms with Crippen LogP contribution in [0.2, 0.25) is 0 Å². The molecule has 1 unspecified atom stereocenters. The van der Waals surface area contributed by atoms with E-state index in [4.69, 9.17) is 4.74 Å². The zero-order chi connectivity index (χ0) is 17.8. The lowest BCUT2D eigenvalue weighted by molar-refractivity contribution is 0.0337. The SMILES string of the molecule is Cl.O=C(Nc1nc(CN2CCOCC2)cs1)c1ccn(C2CCCNC2)n1. The molecule has 27 heavy (non-hydrogen) atoms. The fourth-order valence-electron chi connectivity index (χ4n) is 3.31. The van der Waals surface area contributed by atoms with Crippen LogP contribution < -0.4 is 10.6 Å². The summed E-state index contributed by atoms with van der Waals surface area (Å²) in [6.45, 7) is 6.14. The Kier molecular flexibility index (Phi) is 7.20. The van der Waals surface area contributed by atoms with E-state index in [0.717, 1.165) is 64.5 Å². The van der Waals surface area contributed by atoms with E-state index in [2.05, 4.69) is 25.6 Å². The van der Waals surface area contributed by atoms with Crippen molar-refractivity contribution < 1.29 is 9.53 Å². The molecule has 0 aliphatic carbocycles. The van der Waals surface area contributed by atoms with Gasteiger partial charge in [-0.3, -0.25) is 19.7 Å². The Labute approximate surface area is 168 Å². The maximum absolute atomic E-state index is 12.4. The van der Waals surface area contributed by atoms with Crippen LogP contribution >= 0.6 is 23.7 Å². The number of ether oxygens (including phenoxy) is 1. The van der Waals surface area contributed by atoms with E-state index in [1.54, 1.807) is 6.07 Å². The summed E-state index contributed by atoms with van der Waals surface area (Å²) in [4.78, 5) is 19.3. The summed E-state index contributed by atoms with van der Waals surface area (Å²) in [5.41, 5.74) is 1.41. The minimum atomic E-state index is -0.209. The first-order valence-electron chi connectivity index (χ1n) is 9.10. The third-order valence-electron chi connectivity index (χ3n) is 4.75. The average Bonchev–Trinajstić information content (AvgIpc) is 3.33. The highest BCUT2D eigenvalue weighted by Gasteiger charge is 2.19. The fourth-order valence-corrected chi connectivity index (χ4v) is 4.00. The van der Waals surface area contributed by atoms with Crippen molar-refractivity contribution in [1.82, 2.24) is 25.0 Å². The molecule has 4 rings (SSSR count). The van der Waals surface area contributed by atoms with Gasteiger partial charge in [-0.05, 0) is 25.5 Å². The lowest BCUT2D eigenvalue weighted by Gasteiger charge is -2.25. The Morgan fingerprint density at radius 2 is 2.26 bits per heavy atom. The minimum Gasteiger partial charge on any atom is -0.379 e. The zero-order valence-electron chi connectivity index (χ0n) is 15.1. The van der Waals surface area contributed by atoms with E-state index in [1.165, 1.54) is 11.3 Å². The predicted molar refractivity (Wildman–Crippen MR) is 107 cm³/mol. The van der Waals surface area contributed by atoms with Gasteiger partial charge in [0.2, 0.25) is 0 Å². The van der Waals surface area contributed by atoms with Gasteiger partial charge in [0.15, 0.2) is 10.8 Å². The van der Waals surface area contributed by atoms with Crippen LogP contribution in [-0.2, 0) is 11.3 Å². The second-order valence-corrected chi connectivity index (χ2v) is 7.53. The van der Waals surface area contributed by atoms with E-state index in [-0.39, 0.29) is 18.3 Å². The van der Waals surface area contributed by atoms with Crippen LogP contribution in [0.25, 0.3) is 0 Å². The number of thiazole rings is 1. The van der Waals surface area contributed by atoms with Gasteiger partial charge < -0.3 is 10.1 Å². The molecule has 1 atom stereocenters. The van der Waals surface area contributed by atoms with E-state index >= 15 is 0 Å². The molecule has 0 saturated carbocycles. The number of aromatic nitrogens is 3. The highest BCUT2D eigenvalue weighted by molar-refractivity contribution is 7.13. The van der Waals surface area contributed by atoms with Crippen LogP contribution in [0.3, 0.4) is 0 Å². The molecular weight excluding hydrogens is 388 g/mol. The number of carbonyl (C=O) groups excluding carboxylic acids is 1. The van der Waals surface area contributed by atoms with Gasteiger partial charge in [-0.25, -0.2) is 4.98 Å². The number of carbonyl (C=O) groups is 1. The van der Waals surface area contributed by atoms with Gasteiger partial charge in [-0.1, -0.05) is 0 Å². The zero-order valence-corrected chi connectivity index (χ0v) is 16.7. The predicted octanol–water partition coefficient (Wildman–Crippen LogP) is 1.77. The molecule has 2 aliphatic heterocycles. The number of hydrogen-bond donors (Lipinski definition) is 2. The molecule has 0 spiro atoms. The van der Waals surface area contributed by atoms with Gasteiger partial charge in [0.25, 0.3) is 5.91 Å². The Morgan fingerprint density at radius 1 is 1.41 bits per heavy atom. The third kappa shape index (κ3) is 5.26. The normalized spacial score (nSPS) is 20.8. The van der Waals surface area contributed by atoms with Crippen LogP contribution in [0.1, 0.15) is 35.1 Å². The molecule has 0 aromatic carbocycles. The minimum absolute atomic E-state index is 0. The number of rotatable bonds is 5. The van der Waals surface area contributed by atoms with E-state index in [0.29, 0.717) is 16.9 Å². The number of nitrogens with one attached hydrogen (secondary N) is 2. The van der Waals surface area contributed by atoms with Crippen LogP contribution in [0, 0.1) is 0 Å². The molecule has 0 radical (unpaired) electrons. The number of nitrogens with zero attached hydrogens (tertiary/aromatic N) is 4. The smallest absolute Gasteiger partial charge is 0.277 e. The Hall–Kier alpha value is -1.52. The van der Waals surface area contributed by atoms with Gasteiger partial charge >= 0.3 is 0 Å². The molecule has 2 aromatic rings. The second-order valence-electron chi connectivity index (χ2n) is 6.67. The Balaban J connectivity index is 0.00000210. The van der Waals surface area contributed by atoms with E-state index < -0.39 is 0 Å². The molecule has 4 heterocycles. The summed E-state index contributed by atoms with van der Waals surface area (Å²) in [5.74, 6) is -0.209. The van der Waals surface area contributed by atoms with Gasteiger partial charge in [0.05, 0.1) is 24.9 Å². The molecule has 1 amide bonds. The summed E-state index contributed by atoms with van der Waals surface area (Å²) in [5, 5.41) is 13.3. The molecule has 10 heteroatoms. The maximum atomic E-state index is 12.4. The lowest BCUT2D eigenvalue weighted by Crippen LogP contribution is -2.35. The Bertz CT molecular complexity index is 739. The quantitative estimate of drug-likeness (QED) is 0.778. The summed E-state index contributed by atoms with van der Waals surface area (Å²) < 4.78 is 7.26. The summed E-state index contributed by atoms with van der Waals surface area (Å²) in [6.07, 6.45) is 4.11. The van der Waals surface area contributed by atoms with Gasteiger partial charge in [0, 0.05) is 37.8 Å². The lowest BCUT2D eigenvalue weighted by atomic mass is 10.1. The number of piperidine rings is 1. The number of hydrogen-bond acceptors (Lipinski definition) is 7. The van der Waals surface area contributed by atoms with Crippen molar-refractivity contribution in [3.05, 3.63) is 29.0 Å². The van der Waals surface area contributed by atoms with Crippen molar-refractivity contribution in [2.75, 3.05) is 44.7 Å². The first-order valence-corrected chi connectivity index (χ1v) is 9.97. The van der Waals surface area contributed by atoms with Crippen molar-refractivity contribution in [3.8, 4) is 0 Å². The standard InChI is InChI=1S/C17H24N6O2S.ClH/c24-16(15-3-5-23(21-15)14-2-1-4-18-10-14)20-17-19-13(12-26-17)11-22-6-8-25-9-7-22;/h3,5,12,14,18H,1-2,4,6-11H2,(H,19,20,24);1H. The number of amides is 1. The van der Waals surface area contributed by atoms with Gasteiger partial charge in [-0.2, -0.15) is 5.10 Å². The summed E-state index contributed by atoms with van der Waals surface area (Å²) >= 11 is 1.45.